The Morgan fingerprint density at radius 2 is 1.97 bits per heavy atom. The van der Waals surface area contributed by atoms with E-state index in [1.165, 1.54) is 0 Å². The summed E-state index contributed by atoms with van der Waals surface area (Å²) in [6.45, 7) is 7.92. The van der Waals surface area contributed by atoms with E-state index in [0.717, 1.165) is 34.8 Å². The van der Waals surface area contributed by atoms with Crippen molar-refractivity contribution >= 4 is 11.4 Å². The van der Waals surface area contributed by atoms with Gasteiger partial charge in [0.05, 0.1) is 24.4 Å². The van der Waals surface area contributed by atoms with Crippen molar-refractivity contribution in [2.45, 2.75) is 52.3 Å². The van der Waals surface area contributed by atoms with E-state index in [1.807, 2.05) is 21.0 Å². The zero-order chi connectivity index (χ0) is 22.7. The molecule has 1 aliphatic rings. The Labute approximate surface area is 185 Å². The first-order valence-corrected chi connectivity index (χ1v) is 11.1. The first kappa shape index (κ1) is 23.3. The number of benzene rings is 1. The normalized spacial score (nSPS) is 18.6. The van der Waals surface area contributed by atoms with Crippen LogP contribution in [0.5, 0.6) is 0 Å². The van der Waals surface area contributed by atoms with Crippen LogP contribution in [0.15, 0.2) is 23.0 Å². The molecule has 1 fully saturated rings. The Morgan fingerprint density at radius 1 is 1.23 bits per heavy atom. The van der Waals surface area contributed by atoms with Crippen LogP contribution in [0.4, 0.5) is 11.4 Å². The van der Waals surface area contributed by atoms with Gasteiger partial charge >= 0.3 is 0 Å². The molecule has 0 bridgehead atoms. The largest absolute Gasteiger partial charge is 0.383 e. The Balaban J connectivity index is 2.16. The lowest BCUT2D eigenvalue weighted by atomic mass is 10.1. The molecule has 0 N–H and O–H groups in total. The van der Waals surface area contributed by atoms with Crippen LogP contribution in [0.2, 0.25) is 0 Å². The van der Waals surface area contributed by atoms with Crippen LogP contribution >= 0.6 is 0 Å². The molecule has 7 nitrogen and oxygen atoms in total. The Kier molecular flexibility index (Phi) is 7.38. The predicted molar refractivity (Wildman–Crippen MR) is 126 cm³/mol. The molecule has 0 saturated carbocycles. The third-order valence-electron chi connectivity index (χ3n) is 6.19. The third-order valence-corrected chi connectivity index (χ3v) is 6.19. The standard InChI is InChI=1S/C24H36N4O3/c1-8-21-22(28-14-19(31-7)13-18(28)15-30-6)24(29)27(9-2)23(25-21)20-11-10-17(26(4)5)12-16(20)3/h10-12,18-19H,8-9,13-15H2,1-7H3/t18-,19+/m0/s1. The lowest BCUT2D eigenvalue weighted by molar-refractivity contribution is 0.111. The van der Waals surface area contributed by atoms with E-state index in [-0.39, 0.29) is 17.7 Å². The second-order valence-electron chi connectivity index (χ2n) is 8.38. The van der Waals surface area contributed by atoms with Gasteiger partial charge in [0.2, 0.25) is 0 Å². The molecule has 31 heavy (non-hydrogen) atoms. The maximum atomic E-state index is 13.8. The number of hydrogen-bond acceptors (Lipinski definition) is 6. The maximum absolute atomic E-state index is 13.8. The molecule has 0 unspecified atom stereocenters. The number of aromatic nitrogens is 2. The highest BCUT2D eigenvalue weighted by molar-refractivity contribution is 5.67. The van der Waals surface area contributed by atoms with E-state index in [4.69, 9.17) is 14.5 Å². The van der Waals surface area contributed by atoms with E-state index in [1.54, 1.807) is 18.8 Å². The molecular weight excluding hydrogens is 392 g/mol. The summed E-state index contributed by atoms with van der Waals surface area (Å²) in [5.41, 5.74) is 4.77. The van der Waals surface area contributed by atoms with Crippen molar-refractivity contribution in [3.8, 4) is 11.4 Å². The van der Waals surface area contributed by atoms with Crippen molar-refractivity contribution in [3.63, 3.8) is 0 Å². The van der Waals surface area contributed by atoms with Crippen LogP contribution < -0.4 is 15.4 Å². The van der Waals surface area contributed by atoms with Gasteiger partial charge in [-0.2, -0.15) is 0 Å². The van der Waals surface area contributed by atoms with Crippen LogP contribution in [-0.2, 0) is 22.4 Å². The maximum Gasteiger partial charge on any atom is 0.277 e. The number of hydrogen-bond donors (Lipinski definition) is 0. The molecule has 0 radical (unpaired) electrons. The molecule has 1 aromatic heterocycles. The fraction of sp³-hybridized carbons (Fsp3) is 0.583. The van der Waals surface area contributed by atoms with Crippen molar-refractivity contribution in [1.82, 2.24) is 9.55 Å². The monoisotopic (exact) mass is 428 g/mol. The lowest BCUT2D eigenvalue weighted by Crippen LogP contribution is -2.40. The van der Waals surface area contributed by atoms with E-state index in [2.05, 4.69) is 41.8 Å². The van der Waals surface area contributed by atoms with Gasteiger partial charge < -0.3 is 19.3 Å². The zero-order valence-electron chi connectivity index (χ0n) is 19.9. The number of nitrogens with zero attached hydrogens (tertiary/aromatic N) is 4. The van der Waals surface area contributed by atoms with Crippen molar-refractivity contribution in [1.29, 1.82) is 0 Å². The number of anilines is 2. The van der Waals surface area contributed by atoms with Crippen LogP contribution in [0.25, 0.3) is 11.4 Å². The molecule has 2 atom stereocenters. The molecule has 7 heteroatoms. The summed E-state index contributed by atoms with van der Waals surface area (Å²) in [7, 11) is 7.48. The van der Waals surface area contributed by atoms with Crippen molar-refractivity contribution in [2.24, 2.45) is 0 Å². The molecule has 1 aliphatic heterocycles. The Morgan fingerprint density at radius 3 is 2.52 bits per heavy atom. The van der Waals surface area contributed by atoms with Crippen molar-refractivity contribution in [2.75, 3.05) is 51.3 Å². The number of aryl methyl sites for hydroxylation is 2. The van der Waals surface area contributed by atoms with Gasteiger partial charge in [-0.05, 0) is 50.5 Å². The summed E-state index contributed by atoms with van der Waals surface area (Å²) < 4.78 is 12.9. The van der Waals surface area contributed by atoms with E-state index < -0.39 is 0 Å². The minimum Gasteiger partial charge on any atom is -0.383 e. The fourth-order valence-electron chi connectivity index (χ4n) is 4.47. The number of ether oxygens (including phenoxy) is 2. The third kappa shape index (κ3) is 4.48. The van der Waals surface area contributed by atoms with E-state index in [0.29, 0.717) is 31.8 Å². The van der Waals surface area contributed by atoms with E-state index in [9.17, 15) is 4.79 Å². The van der Waals surface area contributed by atoms with Crippen molar-refractivity contribution < 1.29 is 9.47 Å². The first-order chi connectivity index (χ1) is 14.9. The van der Waals surface area contributed by atoms with Gasteiger partial charge in [-0.1, -0.05) is 6.92 Å². The van der Waals surface area contributed by atoms with Gasteiger partial charge in [-0.25, -0.2) is 4.98 Å². The summed E-state index contributed by atoms with van der Waals surface area (Å²) in [5.74, 6) is 0.738. The van der Waals surface area contributed by atoms with Gasteiger partial charge in [-0.3, -0.25) is 9.36 Å². The highest BCUT2D eigenvalue weighted by Crippen LogP contribution is 2.31. The zero-order valence-corrected chi connectivity index (χ0v) is 19.9. The highest BCUT2D eigenvalue weighted by Gasteiger charge is 2.36. The van der Waals surface area contributed by atoms with Gasteiger partial charge in [0, 0.05) is 52.7 Å². The second-order valence-corrected chi connectivity index (χ2v) is 8.38. The lowest BCUT2D eigenvalue weighted by Gasteiger charge is -2.28. The SMILES string of the molecule is CCc1nc(-c2ccc(N(C)C)cc2C)n(CC)c(=O)c1N1C[C@H](OC)C[C@H]1COC. The molecule has 1 aromatic carbocycles. The average Bonchev–Trinajstić information content (AvgIpc) is 3.15. The molecule has 2 aromatic rings. The molecular formula is C24H36N4O3. The summed E-state index contributed by atoms with van der Waals surface area (Å²) in [4.78, 5) is 23.1. The number of methoxy groups -OCH3 is 2. The summed E-state index contributed by atoms with van der Waals surface area (Å²) in [6, 6.07) is 6.39. The van der Waals surface area contributed by atoms with Crippen LogP contribution in [0, 0.1) is 6.92 Å². The number of rotatable bonds is 8. The molecule has 1 saturated heterocycles. The molecule has 0 aliphatic carbocycles. The Hall–Kier alpha value is -2.38. The molecule has 2 heterocycles. The molecule has 3 rings (SSSR count). The fourth-order valence-corrected chi connectivity index (χ4v) is 4.47. The molecule has 0 spiro atoms. The quantitative estimate of drug-likeness (QED) is 0.644. The minimum atomic E-state index is 0.0123. The van der Waals surface area contributed by atoms with Crippen LogP contribution in [-0.4, -0.2) is 63.2 Å². The van der Waals surface area contributed by atoms with Gasteiger partial charge in [0.1, 0.15) is 11.5 Å². The van der Waals surface area contributed by atoms with Gasteiger partial charge in [0.15, 0.2) is 0 Å². The minimum absolute atomic E-state index is 0.0123. The van der Waals surface area contributed by atoms with Crippen molar-refractivity contribution in [3.05, 3.63) is 39.8 Å². The summed E-state index contributed by atoms with van der Waals surface area (Å²) in [6.07, 6.45) is 1.61. The summed E-state index contributed by atoms with van der Waals surface area (Å²) in [5, 5.41) is 0. The van der Waals surface area contributed by atoms with Crippen LogP contribution in [0.3, 0.4) is 0 Å². The van der Waals surface area contributed by atoms with Gasteiger partial charge in [0.25, 0.3) is 5.56 Å². The smallest absolute Gasteiger partial charge is 0.277 e. The molecule has 170 valence electrons. The first-order valence-electron chi connectivity index (χ1n) is 11.1. The molecule has 0 amide bonds. The Bertz CT molecular complexity index is 970. The average molecular weight is 429 g/mol. The van der Waals surface area contributed by atoms with E-state index >= 15 is 0 Å². The predicted octanol–water partition coefficient (Wildman–Crippen LogP) is 3.11. The topological polar surface area (TPSA) is 59.8 Å². The highest BCUT2D eigenvalue weighted by atomic mass is 16.5. The van der Waals surface area contributed by atoms with Crippen LogP contribution in [0.1, 0.15) is 31.5 Å². The summed E-state index contributed by atoms with van der Waals surface area (Å²) >= 11 is 0. The second kappa shape index (κ2) is 9.83. The van der Waals surface area contributed by atoms with Gasteiger partial charge in [-0.15, -0.1) is 0 Å².